The largest absolute Gasteiger partial charge is 0.467 e. The van der Waals surface area contributed by atoms with E-state index in [1.54, 1.807) is 24.3 Å². The second-order valence-corrected chi connectivity index (χ2v) is 5.21. The number of hydrazone groups is 1. The normalized spacial score (nSPS) is 19.6. The van der Waals surface area contributed by atoms with Crippen LogP contribution in [0.25, 0.3) is 0 Å². The zero-order valence-corrected chi connectivity index (χ0v) is 12.6. The zero-order valence-electron chi connectivity index (χ0n) is 12.6. The summed E-state index contributed by atoms with van der Waals surface area (Å²) in [5.41, 5.74) is 4.45. The van der Waals surface area contributed by atoms with Gasteiger partial charge in [-0.3, -0.25) is 10.2 Å². The minimum atomic E-state index is -0.704. The number of carbonyl (C=O) groups is 2. The Kier molecular flexibility index (Phi) is 4.19. The lowest BCUT2D eigenvalue weighted by atomic mass is 9.85. The van der Waals surface area contributed by atoms with E-state index in [1.165, 1.54) is 7.11 Å². The highest BCUT2D eigenvalue weighted by Crippen LogP contribution is 2.28. The van der Waals surface area contributed by atoms with Gasteiger partial charge in [-0.25, -0.2) is 4.79 Å². The van der Waals surface area contributed by atoms with Crippen LogP contribution >= 0.6 is 0 Å². The summed E-state index contributed by atoms with van der Waals surface area (Å²) in [6.07, 6.45) is 0. The van der Waals surface area contributed by atoms with Crippen molar-refractivity contribution in [1.29, 1.82) is 0 Å². The molecule has 3 rings (SSSR count). The third-order valence-electron chi connectivity index (χ3n) is 3.83. The van der Waals surface area contributed by atoms with Gasteiger partial charge in [0.25, 0.3) is 0 Å². The SMILES string of the molecule is COC(=O)[C@H]1NN=C(C(=O)c2ccccc2)[C@H]1c1ccccc1. The van der Waals surface area contributed by atoms with Gasteiger partial charge in [-0.15, -0.1) is 0 Å². The van der Waals surface area contributed by atoms with Crippen LogP contribution in [0.3, 0.4) is 0 Å². The molecule has 2 atom stereocenters. The first-order chi connectivity index (χ1) is 11.2. The molecule has 0 unspecified atom stereocenters. The van der Waals surface area contributed by atoms with E-state index in [1.807, 2.05) is 36.4 Å². The van der Waals surface area contributed by atoms with Crippen LogP contribution in [0.5, 0.6) is 0 Å². The van der Waals surface area contributed by atoms with Crippen LogP contribution in [0.1, 0.15) is 21.8 Å². The number of nitrogens with zero attached hydrogens (tertiary/aromatic N) is 1. The van der Waals surface area contributed by atoms with Crippen LogP contribution < -0.4 is 5.43 Å². The Hall–Kier alpha value is -2.95. The average molecular weight is 308 g/mol. The van der Waals surface area contributed by atoms with Crippen LogP contribution in [0, 0.1) is 0 Å². The first kappa shape index (κ1) is 15.0. The van der Waals surface area contributed by atoms with E-state index >= 15 is 0 Å². The van der Waals surface area contributed by atoms with Crippen molar-refractivity contribution < 1.29 is 14.3 Å². The van der Waals surface area contributed by atoms with Crippen LogP contribution in [0.2, 0.25) is 0 Å². The minimum Gasteiger partial charge on any atom is -0.467 e. The monoisotopic (exact) mass is 308 g/mol. The number of benzene rings is 2. The van der Waals surface area contributed by atoms with Crippen molar-refractivity contribution in [1.82, 2.24) is 5.43 Å². The Morgan fingerprint density at radius 1 is 1.00 bits per heavy atom. The second-order valence-electron chi connectivity index (χ2n) is 5.21. The molecule has 0 spiro atoms. The van der Waals surface area contributed by atoms with E-state index in [0.29, 0.717) is 11.3 Å². The number of Topliss-reactive ketones (excluding diaryl/α,β-unsaturated/α-hetero) is 1. The van der Waals surface area contributed by atoms with Gasteiger partial charge in [0.05, 0.1) is 13.0 Å². The third-order valence-corrected chi connectivity index (χ3v) is 3.83. The molecule has 5 nitrogen and oxygen atoms in total. The van der Waals surface area contributed by atoms with E-state index in [-0.39, 0.29) is 5.78 Å². The average Bonchev–Trinajstić information content (AvgIpc) is 3.07. The topological polar surface area (TPSA) is 67.8 Å². The van der Waals surface area contributed by atoms with Crippen molar-refractivity contribution in [3.8, 4) is 0 Å². The number of rotatable bonds is 4. The summed E-state index contributed by atoms with van der Waals surface area (Å²) in [5, 5.41) is 4.14. The van der Waals surface area contributed by atoms with Crippen molar-refractivity contribution in [3.05, 3.63) is 71.8 Å². The number of esters is 1. The van der Waals surface area contributed by atoms with Gasteiger partial charge < -0.3 is 4.74 Å². The van der Waals surface area contributed by atoms with E-state index in [4.69, 9.17) is 4.74 Å². The molecule has 2 aromatic carbocycles. The third kappa shape index (κ3) is 2.85. The first-order valence-corrected chi connectivity index (χ1v) is 7.28. The summed E-state index contributed by atoms with van der Waals surface area (Å²) in [7, 11) is 1.32. The molecular weight excluding hydrogens is 292 g/mol. The molecule has 0 bridgehead atoms. The lowest BCUT2D eigenvalue weighted by molar-refractivity contribution is -0.143. The molecule has 116 valence electrons. The van der Waals surface area contributed by atoms with Crippen LogP contribution in [-0.4, -0.2) is 30.6 Å². The van der Waals surface area contributed by atoms with Crippen molar-refractivity contribution in [3.63, 3.8) is 0 Å². The number of hydrogen-bond donors (Lipinski definition) is 1. The maximum atomic E-state index is 12.8. The summed E-state index contributed by atoms with van der Waals surface area (Å²) < 4.78 is 4.83. The maximum Gasteiger partial charge on any atom is 0.330 e. The quantitative estimate of drug-likeness (QED) is 0.694. The first-order valence-electron chi connectivity index (χ1n) is 7.28. The smallest absolute Gasteiger partial charge is 0.330 e. The fourth-order valence-electron chi connectivity index (χ4n) is 2.70. The predicted octanol–water partition coefficient (Wildman–Crippen LogP) is 2.15. The van der Waals surface area contributed by atoms with E-state index < -0.39 is 17.9 Å². The highest BCUT2D eigenvalue weighted by molar-refractivity contribution is 6.48. The van der Waals surface area contributed by atoms with Crippen LogP contribution in [-0.2, 0) is 9.53 Å². The number of methoxy groups -OCH3 is 1. The highest BCUT2D eigenvalue weighted by atomic mass is 16.5. The van der Waals surface area contributed by atoms with Crippen molar-refractivity contribution in [2.75, 3.05) is 7.11 Å². The Bertz CT molecular complexity index is 741. The molecule has 0 saturated carbocycles. The summed E-state index contributed by atoms with van der Waals surface area (Å²) >= 11 is 0. The van der Waals surface area contributed by atoms with Crippen molar-refractivity contribution in [2.45, 2.75) is 12.0 Å². The van der Waals surface area contributed by atoms with Gasteiger partial charge in [0.2, 0.25) is 5.78 Å². The van der Waals surface area contributed by atoms with Crippen LogP contribution in [0.15, 0.2) is 65.8 Å². The number of nitrogens with one attached hydrogen (secondary N) is 1. The molecule has 0 saturated heterocycles. The van der Waals surface area contributed by atoms with E-state index in [0.717, 1.165) is 5.56 Å². The Morgan fingerprint density at radius 2 is 1.61 bits per heavy atom. The molecule has 23 heavy (non-hydrogen) atoms. The van der Waals surface area contributed by atoms with Gasteiger partial charge >= 0.3 is 5.97 Å². The fourth-order valence-corrected chi connectivity index (χ4v) is 2.70. The summed E-state index contributed by atoms with van der Waals surface area (Å²) in [4.78, 5) is 24.8. The van der Waals surface area contributed by atoms with Gasteiger partial charge in [-0.05, 0) is 5.56 Å². The summed E-state index contributed by atoms with van der Waals surface area (Å²) in [5.74, 6) is -1.12. The molecule has 1 aliphatic heterocycles. The molecule has 0 radical (unpaired) electrons. The molecular formula is C18H16N2O3. The molecule has 1 N–H and O–H groups in total. The van der Waals surface area contributed by atoms with Crippen molar-refractivity contribution >= 4 is 17.5 Å². The molecule has 2 aromatic rings. The number of carbonyl (C=O) groups excluding carboxylic acids is 2. The minimum absolute atomic E-state index is 0.196. The summed E-state index contributed by atoms with van der Waals surface area (Å²) in [6.45, 7) is 0. The molecule has 0 aromatic heterocycles. The van der Waals surface area contributed by atoms with Crippen molar-refractivity contribution in [2.24, 2.45) is 5.10 Å². The van der Waals surface area contributed by atoms with E-state index in [2.05, 4.69) is 10.5 Å². The maximum absolute atomic E-state index is 12.8. The molecule has 1 heterocycles. The van der Waals surface area contributed by atoms with Gasteiger partial charge in [0.15, 0.2) is 6.04 Å². The lowest BCUT2D eigenvalue weighted by Crippen LogP contribution is -2.38. The molecule has 5 heteroatoms. The van der Waals surface area contributed by atoms with Gasteiger partial charge in [0.1, 0.15) is 5.71 Å². The Morgan fingerprint density at radius 3 is 2.22 bits per heavy atom. The predicted molar refractivity (Wildman–Crippen MR) is 86.3 cm³/mol. The standard InChI is InChI=1S/C18H16N2O3/c1-23-18(22)16-14(12-8-4-2-5-9-12)15(19-20-16)17(21)13-10-6-3-7-11-13/h2-11,14,16,20H,1H3/t14-,16+/m1/s1. The van der Waals surface area contributed by atoms with Gasteiger partial charge in [-0.1, -0.05) is 60.7 Å². The lowest BCUT2D eigenvalue weighted by Gasteiger charge is -2.18. The number of hydrogen-bond acceptors (Lipinski definition) is 5. The van der Waals surface area contributed by atoms with Crippen LogP contribution in [0.4, 0.5) is 0 Å². The summed E-state index contributed by atoms with van der Waals surface area (Å²) in [6, 6.07) is 17.6. The number of ketones is 1. The van der Waals surface area contributed by atoms with E-state index in [9.17, 15) is 9.59 Å². The molecule has 0 aliphatic carbocycles. The Labute approximate surface area is 134 Å². The van der Waals surface area contributed by atoms with Gasteiger partial charge in [0, 0.05) is 5.56 Å². The second kappa shape index (κ2) is 6.44. The molecule has 1 aliphatic rings. The Balaban J connectivity index is 1.99. The zero-order chi connectivity index (χ0) is 16.2. The highest BCUT2D eigenvalue weighted by Gasteiger charge is 2.41. The molecule has 0 amide bonds. The fraction of sp³-hybridized carbons (Fsp3) is 0.167. The number of ether oxygens (including phenoxy) is 1. The van der Waals surface area contributed by atoms with Gasteiger partial charge in [-0.2, -0.15) is 5.10 Å². The molecule has 0 fully saturated rings.